The van der Waals surface area contributed by atoms with Crippen LogP contribution in [0.25, 0.3) is 17.4 Å². The van der Waals surface area contributed by atoms with E-state index in [0.29, 0.717) is 28.9 Å². The van der Waals surface area contributed by atoms with Crippen LogP contribution < -0.4 is 5.32 Å². The minimum absolute atomic E-state index is 0.287. The maximum Gasteiger partial charge on any atom is 0.416 e. The van der Waals surface area contributed by atoms with Gasteiger partial charge in [0.2, 0.25) is 5.82 Å². The number of rotatable bonds is 3. The van der Waals surface area contributed by atoms with E-state index in [1.165, 1.54) is 16.8 Å². The highest BCUT2D eigenvalue weighted by Crippen LogP contribution is 2.32. The summed E-state index contributed by atoms with van der Waals surface area (Å²) in [4.78, 5) is 8.74. The van der Waals surface area contributed by atoms with Crippen molar-refractivity contribution in [3.8, 4) is 11.6 Å². The molecule has 0 aliphatic carbocycles. The summed E-state index contributed by atoms with van der Waals surface area (Å²) in [5, 5.41) is 7.41. The summed E-state index contributed by atoms with van der Waals surface area (Å²) in [6, 6.07) is 8.41. The standard InChI is InChI=1S/C18H14F3N5O/c1-10-11(2)22-17-24-15(14-7-4-8-27-14)25-26(17)16(10)23-13-6-3-5-12(9-13)18(19,20)21/h3-9,23H,1-2H3. The lowest BCUT2D eigenvalue weighted by Crippen LogP contribution is -2.08. The minimum Gasteiger partial charge on any atom is -0.461 e. The predicted molar refractivity (Wildman–Crippen MR) is 92.7 cm³/mol. The molecule has 1 aromatic carbocycles. The van der Waals surface area contributed by atoms with E-state index < -0.39 is 11.7 Å². The van der Waals surface area contributed by atoms with Crippen LogP contribution in [0.4, 0.5) is 24.7 Å². The van der Waals surface area contributed by atoms with Crippen molar-refractivity contribution in [2.45, 2.75) is 20.0 Å². The molecule has 3 heterocycles. The van der Waals surface area contributed by atoms with Crippen LogP contribution >= 0.6 is 0 Å². The minimum atomic E-state index is -4.42. The Kier molecular flexibility index (Phi) is 3.87. The molecule has 4 aromatic rings. The van der Waals surface area contributed by atoms with E-state index >= 15 is 0 Å². The van der Waals surface area contributed by atoms with Gasteiger partial charge in [-0.15, -0.1) is 5.10 Å². The zero-order chi connectivity index (χ0) is 19.2. The maximum atomic E-state index is 13.0. The van der Waals surface area contributed by atoms with Crippen molar-refractivity contribution < 1.29 is 17.6 Å². The van der Waals surface area contributed by atoms with E-state index in [-0.39, 0.29) is 5.69 Å². The third-order valence-electron chi connectivity index (χ3n) is 4.16. The number of furan rings is 1. The number of nitrogens with one attached hydrogen (secondary N) is 1. The van der Waals surface area contributed by atoms with Crippen LogP contribution in [0.2, 0.25) is 0 Å². The lowest BCUT2D eigenvalue weighted by atomic mass is 10.2. The van der Waals surface area contributed by atoms with Gasteiger partial charge in [0.15, 0.2) is 5.76 Å². The van der Waals surface area contributed by atoms with Gasteiger partial charge >= 0.3 is 6.18 Å². The van der Waals surface area contributed by atoms with Crippen molar-refractivity contribution in [3.05, 3.63) is 59.5 Å². The fourth-order valence-corrected chi connectivity index (χ4v) is 2.66. The van der Waals surface area contributed by atoms with Gasteiger partial charge in [0.05, 0.1) is 11.8 Å². The summed E-state index contributed by atoms with van der Waals surface area (Å²) in [6.07, 6.45) is -2.91. The largest absolute Gasteiger partial charge is 0.461 e. The lowest BCUT2D eigenvalue weighted by molar-refractivity contribution is -0.137. The van der Waals surface area contributed by atoms with Gasteiger partial charge in [-0.25, -0.2) is 4.98 Å². The molecule has 0 aliphatic heterocycles. The van der Waals surface area contributed by atoms with Crippen molar-refractivity contribution in [2.75, 3.05) is 5.32 Å². The first-order chi connectivity index (χ1) is 12.8. The Bertz CT molecular complexity index is 1120. The third-order valence-corrected chi connectivity index (χ3v) is 4.16. The first kappa shape index (κ1) is 17.1. The van der Waals surface area contributed by atoms with Crippen LogP contribution in [0.3, 0.4) is 0 Å². The third kappa shape index (κ3) is 3.12. The van der Waals surface area contributed by atoms with E-state index in [0.717, 1.165) is 17.7 Å². The number of nitrogens with zero attached hydrogens (tertiary/aromatic N) is 4. The first-order valence-electron chi connectivity index (χ1n) is 8.05. The highest BCUT2D eigenvalue weighted by Gasteiger charge is 2.30. The Morgan fingerprint density at radius 1 is 1.07 bits per heavy atom. The Hall–Kier alpha value is -3.36. The van der Waals surface area contributed by atoms with E-state index in [4.69, 9.17) is 4.42 Å². The number of alkyl halides is 3. The zero-order valence-electron chi connectivity index (χ0n) is 14.4. The van der Waals surface area contributed by atoms with Crippen molar-refractivity contribution in [1.82, 2.24) is 19.6 Å². The number of hydrogen-bond donors (Lipinski definition) is 1. The maximum absolute atomic E-state index is 13.0. The molecule has 0 saturated carbocycles. The van der Waals surface area contributed by atoms with Crippen molar-refractivity contribution in [2.24, 2.45) is 0 Å². The van der Waals surface area contributed by atoms with Gasteiger partial charge in [0, 0.05) is 16.9 Å². The first-order valence-corrected chi connectivity index (χ1v) is 8.05. The summed E-state index contributed by atoms with van der Waals surface area (Å²) < 4.78 is 45.7. The second kappa shape index (κ2) is 6.11. The Balaban J connectivity index is 1.82. The molecule has 1 N–H and O–H groups in total. The van der Waals surface area contributed by atoms with Crippen molar-refractivity contribution in [3.63, 3.8) is 0 Å². The molecule has 0 spiro atoms. The second-order valence-electron chi connectivity index (χ2n) is 6.00. The SMILES string of the molecule is Cc1nc2nc(-c3ccco3)nn2c(Nc2cccc(C(F)(F)F)c2)c1C. The molecule has 0 aliphatic rings. The smallest absolute Gasteiger partial charge is 0.416 e. The van der Waals surface area contributed by atoms with Gasteiger partial charge < -0.3 is 9.73 Å². The Morgan fingerprint density at radius 2 is 1.89 bits per heavy atom. The van der Waals surface area contributed by atoms with Crippen LogP contribution in [-0.2, 0) is 6.18 Å². The summed E-state index contributed by atoms with van der Waals surface area (Å²) in [5.41, 5.74) is 0.989. The average molecular weight is 373 g/mol. The molecule has 4 rings (SSSR count). The molecular formula is C18H14F3N5O. The number of halogens is 3. The van der Waals surface area contributed by atoms with E-state index in [1.807, 2.05) is 6.92 Å². The zero-order valence-corrected chi connectivity index (χ0v) is 14.4. The molecule has 0 amide bonds. The molecule has 0 bridgehead atoms. The lowest BCUT2D eigenvalue weighted by Gasteiger charge is -2.14. The van der Waals surface area contributed by atoms with Crippen LogP contribution in [0.15, 0.2) is 47.1 Å². The number of aromatic nitrogens is 4. The summed E-state index contributed by atoms with van der Waals surface area (Å²) in [7, 11) is 0. The topological polar surface area (TPSA) is 68.2 Å². The normalized spacial score (nSPS) is 11.9. The molecular weight excluding hydrogens is 359 g/mol. The molecule has 6 nitrogen and oxygen atoms in total. The molecule has 3 aromatic heterocycles. The molecule has 27 heavy (non-hydrogen) atoms. The van der Waals surface area contributed by atoms with Crippen molar-refractivity contribution in [1.29, 1.82) is 0 Å². The molecule has 9 heteroatoms. The highest BCUT2D eigenvalue weighted by molar-refractivity contribution is 5.64. The molecule has 0 atom stereocenters. The van der Waals surface area contributed by atoms with Crippen LogP contribution in [0.1, 0.15) is 16.8 Å². The average Bonchev–Trinajstić information content (AvgIpc) is 3.27. The van der Waals surface area contributed by atoms with Crippen LogP contribution in [0.5, 0.6) is 0 Å². The number of benzene rings is 1. The quantitative estimate of drug-likeness (QED) is 0.561. The molecule has 0 unspecified atom stereocenters. The molecule has 0 radical (unpaired) electrons. The molecule has 138 valence electrons. The predicted octanol–water partition coefficient (Wildman–Crippen LogP) is 4.76. The fourth-order valence-electron chi connectivity index (χ4n) is 2.66. The van der Waals surface area contributed by atoms with Crippen LogP contribution in [-0.4, -0.2) is 19.6 Å². The van der Waals surface area contributed by atoms with Gasteiger partial charge in [-0.3, -0.25) is 0 Å². The Morgan fingerprint density at radius 3 is 2.59 bits per heavy atom. The summed E-state index contributed by atoms with van der Waals surface area (Å²) in [5.74, 6) is 1.62. The number of hydrogen-bond acceptors (Lipinski definition) is 5. The molecule has 0 fully saturated rings. The van der Waals surface area contributed by atoms with E-state index in [9.17, 15) is 13.2 Å². The van der Waals surface area contributed by atoms with Crippen molar-refractivity contribution >= 4 is 17.3 Å². The highest BCUT2D eigenvalue weighted by atomic mass is 19.4. The number of aryl methyl sites for hydroxylation is 1. The van der Waals surface area contributed by atoms with E-state index in [2.05, 4.69) is 20.4 Å². The number of anilines is 2. The van der Waals surface area contributed by atoms with Gasteiger partial charge in [0.1, 0.15) is 5.82 Å². The Labute approximate surface area is 151 Å². The van der Waals surface area contributed by atoms with Crippen LogP contribution in [0, 0.1) is 13.8 Å². The van der Waals surface area contributed by atoms with Gasteiger partial charge in [-0.1, -0.05) is 6.07 Å². The number of fused-ring (bicyclic) bond motifs is 1. The van der Waals surface area contributed by atoms with E-state index in [1.54, 1.807) is 25.1 Å². The fraction of sp³-hybridized carbons (Fsp3) is 0.167. The van der Waals surface area contributed by atoms with Gasteiger partial charge in [-0.05, 0) is 44.2 Å². The molecule has 0 saturated heterocycles. The summed E-state index contributed by atoms with van der Waals surface area (Å²) in [6.45, 7) is 3.61. The summed E-state index contributed by atoms with van der Waals surface area (Å²) >= 11 is 0. The second-order valence-corrected chi connectivity index (χ2v) is 6.00. The van der Waals surface area contributed by atoms with Gasteiger partial charge in [-0.2, -0.15) is 22.7 Å². The van der Waals surface area contributed by atoms with Gasteiger partial charge in [0.25, 0.3) is 5.78 Å². The monoisotopic (exact) mass is 373 g/mol.